The molecule has 2 aromatic rings. The van der Waals surface area contributed by atoms with Crippen LogP contribution in [-0.2, 0) is 19.4 Å². The van der Waals surface area contributed by atoms with Crippen LogP contribution >= 0.6 is 0 Å². The predicted octanol–water partition coefficient (Wildman–Crippen LogP) is 2.14. The molecule has 102 valence electrons. The van der Waals surface area contributed by atoms with Gasteiger partial charge in [0.25, 0.3) is 0 Å². The lowest BCUT2D eigenvalue weighted by Gasteiger charge is -2.11. The molecular formula is C15H21N3O. The van der Waals surface area contributed by atoms with Gasteiger partial charge in [-0.25, -0.2) is 0 Å². The first-order chi connectivity index (χ1) is 9.19. The summed E-state index contributed by atoms with van der Waals surface area (Å²) < 4.78 is 1.96. The smallest absolute Gasteiger partial charge is 0.0599 e. The van der Waals surface area contributed by atoms with Crippen molar-refractivity contribution in [3.05, 3.63) is 47.5 Å². The van der Waals surface area contributed by atoms with Gasteiger partial charge in [0.1, 0.15) is 0 Å². The van der Waals surface area contributed by atoms with Crippen LogP contribution in [0, 0.1) is 6.92 Å². The summed E-state index contributed by atoms with van der Waals surface area (Å²) in [7, 11) is 0. The van der Waals surface area contributed by atoms with Gasteiger partial charge in [-0.15, -0.1) is 0 Å². The molecular weight excluding hydrogens is 238 g/mol. The summed E-state index contributed by atoms with van der Waals surface area (Å²) in [6.45, 7) is 4.89. The van der Waals surface area contributed by atoms with E-state index in [0.717, 1.165) is 36.5 Å². The lowest BCUT2D eigenvalue weighted by atomic mass is 10.1. The highest BCUT2D eigenvalue weighted by Gasteiger charge is 2.11. The Hall–Kier alpha value is -1.68. The van der Waals surface area contributed by atoms with Gasteiger partial charge >= 0.3 is 0 Å². The van der Waals surface area contributed by atoms with Crippen LogP contribution in [-0.4, -0.2) is 26.0 Å². The molecule has 0 aliphatic carbocycles. The number of pyridine rings is 1. The Balaban J connectivity index is 1.88. The van der Waals surface area contributed by atoms with E-state index in [0.29, 0.717) is 6.42 Å². The fourth-order valence-corrected chi connectivity index (χ4v) is 2.24. The van der Waals surface area contributed by atoms with Crippen molar-refractivity contribution >= 4 is 0 Å². The second-order valence-electron chi connectivity index (χ2n) is 4.81. The lowest BCUT2D eigenvalue weighted by molar-refractivity contribution is 0.162. The third-order valence-electron chi connectivity index (χ3n) is 3.19. The molecule has 1 unspecified atom stereocenters. The fraction of sp³-hybridized carbons (Fsp3) is 0.467. The van der Waals surface area contributed by atoms with Crippen molar-refractivity contribution in [2.75, 3.05) is 0 Å². The molecule has 0 aromatic carbocycles. The van der Waals surface area contributed by atoms with E-state index in [1.807, 2.05) is 35.9 Å². The van der Waals surface area contributed by atoms with Gasteiger partial charge < -0.3 is 5.11 Å². The van der Waals surface area contributed by atoms with Crippen LogP contribution in [0.2, 0.25) is 0 Å². The number of nitrogens with zero attached hydrogens (tertiary/aromatic N) is 3. The second kappa shape index (κ2) is 6.48. The molecule has 19 heavy (non-hydrogen) atoms. The maximum absolute atomic E-state index is 10.1. The monoisotopic (exact) mass is 259 g/mol. The summed E-state index contributed by atoms with van der Waals surface area (Å²) in [6, 6.07) is 7.92. The average molecular weight is 259 g/mol. The largest absolute Gasteiger partial charge is 0.393 e. The number of rotatable bonds is 6. The molecule has 0 saturated heterocycles. The molecule has 0 amide bonds. The molecule has 0 radical (unpaired) electrons. The number of aromatic nitrogens is 3. The SMILES string of the molecule is CCn1nc(C)cc1CC(O)CCc1ccccn1. The minimum Gasteiger partial charge on any atom is -0.393 e. The fourth-order valence-electron chi connectivity index (χ4n) is 2.24. The first-order valence-corrected chi connectivity index (χ1v) is 6.80. The molecule has 1 N–H and O–H groups in total. The van der Waals surface area contributed by atoms with Crippen LogP contribution in [0.25, 0.3) is 0 Å². The van der Waals surface area contributed by atoms with Crippen molar-refractivity contribution in [1.29, 1.82) is 0 Å². The molecule has 0 aliphatic rings. The summed E-state index contributed by atoms with van der Waals surface area (Å²) in [5.74, 6) is 0. The first kappa shape index (κ1) is 13.7. The average Bonchev–Trinajstić information content (AvgIpc) is 2.77. The van der Waals surface area contributed by atoms with Gasteiger partial charge in [-0.3, -0.25) is 9.67 Å². The Morgan fingerprint density at radius 1 is 1.37 bits per heavy atom. The highest BCUT2D eigenvalue weighted by molar-refractivity contribution is 5.10. The summed E-state index contributed by atoms with van der Waals surface area (Å²) >= 11 is 0. The zero-order valence-electron chi connectivity index (χ0n) is 11.6. The number of aliphatic hydroxyl groups is 1. The van der Waals surface area contributed by atoms with Gasteiger partial charge in [-0.1, -0.05) is 6.07 Å². The van der Waals surface area contributed by atoms with Crippen LogP contribution in [0.3, 0.4) is 0 Å². The van der Waals surface area contributed by atoms with Crippen LogP contribution in [0.15, 0.2) is 30.5 Å². The summed E-state index contributed by atoms with van der Waals surface area (Å²) in [5.41, 5.74) is 3.14. The van der Waals surface area contributed by atoms with Gasteiger partial charge in [-0.05, 0) is 44.9 Å². The van der Waals surface area contributed by atoms with Gasteiger partial charge in [0, 0.05) is 30.6 Å². The topological polar surface area (TPSA) is 50.9 Å². The zero-order valence-corrected chi connectivity index (χ0v) is 11.6. The second-order valence-corrected chi connectivity index (χ2v) is 4.81. The van der Waals surface area contributed by atoms with E-state index in [1.165, 1.54) is 0 Å². The van der Waals surface area contributed by atoms with Crippen LogP contribution in [0.4, 0.5) is 0 Å². The van der Waals surface area contributed by atoms with Crippen molar-refractivity contribution < 1.29 is 5.11 Å². The number of aliphatic hydroxyl groups excluding tert-OH is 1. The molecule has 1 atom stereocenters. The standard InChI is InChI=1S/C15H21N3O/c1-3-18-14(10-12(2)17-18)11-15(19)8-7-13-6-4-5-9-16-13/h4-6,9-10,15,19H,3,7-8,11H2,1-2H3. The number of aryl methyl sites for hydroxylation is 3. The predicted molar refractivity (Wildman–Crippen MR) is 74.9 cm³/mol. The maximum Gasteiger partial charge on any atom is 0.0599 e. The number of hydrogen-bond donors (Lipinski definition) is 1. The summed E-state index contributed by atoms with van der Waals surface area (Å²) in [4.78, 5) is 4.27. The highest BCUT2D eigenvalue weighted by atomic mass is 16.3. The lowest BCUT2D eigenvalue weighted by Crippen LogP contribution is -2.15. The molecule has 0 saturated carbocycles. The zero-order chi connectivity index (χ0) is 13.7. The van der Waals surface area contributed by atoms with E-state index < -0.39 is 0 Å². The molecule has 4 heteroatoms. The van der Waals surface area contributed by atoms with Crippen molar-refractivity contribution in [2.45, 2.75) is 45.8 Å². The Morgan fingerprint density at radius 3 is 2.89 bits per heavy atom. The molecule has 0 bridgehead atoms. The van der Waals surface area contributed by atoms with Crippen LogP contribution in [0.5, 0.6) is 0 Å². The molecule has 2 aromatic heterocycles. The molecule has 2 rings (SSSR count). The van der Waals surface area contributed by atoms with E-state index in [1.54, 1.807) is 6.20 Å². The Kier molecular flexibility index (Phi) is 4.68. The third-order valence-corrected chi connectivity index (χ3v) is 3.19. The van der Waals surface area contributed by atoms with Gasteiger partial charge in [0.15, 0.2) is 0 Å². The van der Waals surface area contributed by atoms with E-state index in [4.69, 9.17) is 0 Å². The van der Waals surface area contributed by atoms with Crippen molar-refractivity contribution in [1.82, 2.24) is 14.8 Å². The Bertz CT molecular complexity index is 507. The molecule has 0 aliphatic heterocycles. The van der Waals surface area contributed by atoms with Gasteiger partial charge in [0.05, 0.1) is 11.8 Å². The molecule has 2 heterocycles. The van der Waals surface area contributed by atoms with E-state index in [2.05, 4.69) is 17.0 Å². The Labute approximate surface area is 114 Å². The van der Waals surface area contributed by atoms with Crippen molar-refractivity contribution in [2.24, 2.45) is 0 Å². The Morgan fingerprint density at radius 2 is 2.21 bits per heavy atom. The summed E-state index contributed by atoms with van der Waals surface area (Å²) in [5, 5.41) is 14.5. The van der Waals surface area contributed by atoms with Crippen molar-refractivity contribution in [3.63, 3.8) is 0 Å². The summed E-state index contributed by atoms with van der Waals surface area (Å²) in [6.07, 6.45) is 3.63. The number of hydrogen-bond acceptors (Lipinski definition) is 3. The van der Waals surface area contributed by atoms with E-state index in [9.17, 15) is 5.11 Å². The van der Waals surface area contributed by atoms with E-state index >= 15 is 0 Å². The van der Waals surface area contributed by atoms with Crippen LogP contribution in [0.1, 0.15) is 30.4 Å². The first-order valence-electron chi connectivity index (χ1n) is 6.80. The maximum atomic E-state index is 10.1. The van der Waals surface area contributed by atoms with Gasteiger partial charge in [0.2, 0.25) is 0 Å². The minimum absolute atomic E-state index is 0.344. The van der Waals surface area contributed by atoms with E-state index in [-0.39, 0.29) is 6.10 Å². The highest BCUT2D eigenvalue weighted by Crippen LogP contribution is 2.10. The quantitative estimate of drug-likeness (QED) is 0.864. The molecule has 0 fully saturated rings. The molecule has 0 spiro atoms. The normalized spacial score (nSPS) is 12.6. The van der Waals surface area contributed by atoms with Crippen molar-refractivity contribution in [3.8, 4) is 0 Å². The third kappa shape index (κ3) is 3.89. The molecule has 4 nitrogen and oxygen atoms in total. The minimum atomic E-state index is -0.344. The van der Waals surface area contributed by atoms with Gasteiger partial charge in [-0.2, -0.15) is 5.10 Å². The van der Waals surface area contributed by atoms with Crippen LogP contribution < -0.4 is 0 Å².